The van der Waals surface area contributed by atoms with Crippen LogP contribution >= 0.6 is 15.9 Å². The minimum absolute atomic E-state index is 0.152. The van der Waals surface area contributed by atoms with Crippen molar-refractivity contribution in [1.29, 1.82) is 0 Å². The molecule has 1 amide bonds. The van der Waals surface area contributed by atoms with Crippen LogP contribution in [0.1, 0.15) is 16.7 Å². The summed E-state index contributed by atoms with van der Waals surface area (Å²) in [6.07, 6.45) is 2.50. The van der Waals surface area contributed by atoms with Crippen molar-refractivity contribution in [3.05, 3.63) is 51.5 Å². The van der Waals surface area contributed by atoms with E-state index in [1.807, 2.05) is 19.9 Å². The largest absolute Gasteiger partial charge is 0.454 e. The van der Waals surface area contributed by atoms with Gasteiger partial charge in [0.1, 0.15) is 6.54 Å². The number of hydrazone groups is 1. The second kappa shape index (κ2) is 8.42. The molecule has 0 atom stereocenters. The van der Waals surface area contributed by atoms with Gasteiger partial charge in [0.05, 0.1) is 18.2 Å². The van der Waals surface area contributed by atoms with Crippen LogP contribution in [-0.4, -0.2) is 40.1 Å². The maximum Gasteiger partial charge on any atom is 0.260 e. The molecule has 1 N–H and O–H groups in total. The Balaban J connectivity index is 1.72. The van der Waals surface area contributed by atoms with Crippen molar-refractivity contribution in [3.63, 3.8) is 0 Å². The first-order valence-corrected chi connectivity index (χ1v) is 11.2. The molecule has 3 rings (SSSR count). The fourth-order valence-corrected chi connectivity index (χ4v) is 4.13. The first kappa shape index (κ1) is 21.1. The molecule has 154 valence electrons. The van der Waals surface area contributed by atoms with E-state index in [1.165, 1.54) is 6.21 Å². The molecule has 0 radical (unpaired) electrons. The lowest BCUT2D eigenvalue weighted by Gasteiger charge is -2.22. The number of carbonyl (C=O) groups is 1. The topological polar surface area (TPSA) is 97.3 Å². The maximum absolute atomic E-state index is 12.3. The fourth-order valence-electron chi connectivity index (χ4n) is 2.87. The zero-order valence-corrected chi connectivity index (χ0v) is 18.5. The number of benzene rings is 2. The molecule has 1 aliphatic rings. The number of hydrogen-bond donors (Lipinski definition) is 1. The molecular weight excluding hydrogens is 462 g/mol. The van der Waals surface area contributed by atoms with E-state index in [4.69, 9.17) is 9.47 Å². The average molecular weight is 482 g/mol. The molecule has 29 heavy (non-hydrogen) atoms. The Labute approximate surface area is 177 Å². The number of anilines is 1. The minimum atomic E-state index is -3.65. The van der Waals surface area contributed by atoms with E-state index < -0.39 is 15.9 Å². The highest BCUT2D eigenvalue weighted by Crippen LogP contribution is 2.36. The number of aryl methyl sites for hydroxylation is 2. The van der Waals surface area contributed by atoms with Gasteiger partial charge in [-0.3, -0.25) is 9.10 Å². The number of halogens is 1. The maximum atomic E-state index is 12.3. The summed E-state index contributed by atoms with van der Waals surface area (Å²) in [6.45, 7) is 3.50. The molecule has 0 spiro atoms. The monoisotopic (exact) mass is 481 g/mol. The van der Waals surface area contributed by atoms with Gasteiger partial charge in [0.25, 0.3) is 5.91 Å². The molecule has 8 nitrogen and oxygen atoms in total. The molecule has 0 fully saturated rings. The Morgan fingerprint density at radius 2 is 1.79 bits per heavy atom. The van der Waals surface area contributed by atoms with Gasteiger partial charge in [-0.1, -0.05) is 6.07 Å². The number of amides is 1. The van der Waals surface area contributed by atoms with Gasteiger partial charge in [0.2, 0.25) is 16.8 Å². The molecule has 0 aliphatic carbocycles. The molecule has 0 saturated heterocycles. The molecule has 1 heterocycles. The number of nitrogens with one attached hydrogen (secondary N) is 1. The van der Waals surface area contributed by atoms with E-state index >= 15 is 0 Å². The second-order valence-corrected chi connectivity index (χ2v) is 9.40. The number of ether oxygens (including phenoxy) is 2. The molecule has 0 saturated carbocycles. The second-order valence-electron chi connectivity index (χ2n) is 6.64. The van der Waals surface area contributed by atoms with Crippen molar-refractivity contribution >= 4 is 43.8 Å². The van der Waals surface area contributed by atoms with Crippen LogP contribution in [0, 0.1) is 13.8 Å². The number of fused-ring (bicyclic) bond motifs is 1. The van der Waals surface area contributed by atoms with Crippen LogP contribution in [-0.2, 0) is 14.8 Å². The Bertz CT molecular complexity index is 1070. The van der Waals surface area contributed by atoms with Gasteiger partial charge in [-0.25, -0.2) is 13.8 Å². The van der Waals surface area contributed by atoms with Gasteiger partial charge in [-0.15, -0.1) is 0 Å². The predicted molar refractivity (Wildman–Crippen MR) is 114 cm³/mol. The fraction of sp³-hybridized carbons (Fsp3) is 0.263. The highest BCUT2D eigenvalue weighted by atomic mass is 79.9. The number of sulfonamides is 1. The van der Waals surface area contributed by atoms with Gasteiger partial charge >= 0.3 is 0 Å². The summed E-state index contributed by atoms with van der Waals surface area (Å²) in [6, 6.07) is 8.83. The summed E-state index contributed by atoms with van der Waals surface area (Å²) in [4.78, 5) is 12.3. The Hall–Kier alpha value is -2.59. The standard InChI is InChI=1S/C19H20BrN3O5S/c1-12-4-13(2)6-15(5-12)23(29(3,25)26)10-19(24)22-21-9-14-7-17-18(8-16(14)20)28-11-27-17/h4-9H,10-11H2,1-3H3,(H,22,24)/b21-9-. The van der Waals surface area contributed by atoms with Crippen molar-refractivity contribution in [3.8, 4) is 11.5 Å². The molecule has 0 bridgehead atoms. The average Bonchev–Trinajstić information content (AvgIpc) is 3.05. The molecule has 0 aromatic heterocycles. The number of carbonyl (C=O) groups excluding carboxylic acids is 1. The first-order valence-electron chi connectivity index (χ1n) is 8.60. The van der Waals surface area contributed by atoms with E-state index in [0.29, 0.717) is 27.2 Å². The lowest BCUT2D eigenvalue weighted by Crippen LogP contribution is -2.39. The van der Waals surface area contributed by atoms with Gasteiger partial charge in [0.15, 0.2) is 11.5 Å². The van der Waals surface area contributed by atoms with E-state index in [2.05, 4.69) is 26.5 Å². The number of hydrogen-bond acceptors (Lipinski definition) is 6. The van der Waals surface area contributed by atoms with Gasteiger partial charge in [0, 0.05) is 10.0 Å². The molecule has 2 aromatic rings. The Morgan fingerprint density at radius 1 is 1.17 bits per heavy atom. The first-order chi connectivity index (χ1) is 13.6. The highest BCUT2D eigenvalue weighted by Gasteiger charge is 2.21. The summed E-state index contributed by atoms with van der Waals surface area (Å²) in [5.41, 5.74) is 5.27. The van der Waals surface area contributed by atoms with Crippen molar-refractivity contribution in [2.75, 3.05) is 23.9 Å². The van der Waals surface area contributed by atoms with Crippen LogP contribution in [0.15, 0.2) is 39.9 Å². The van der Waals surface area contributed by atoms with Crippen LogP contribution in [0.4, 0.5) is 5.69 Å². The normalized spacial score (nSPS) is 13.0. The lowest BCUT2D eigenvalue weighted by molar-refractivity contribution is -0.119. The number of nitrogens with zero attached hydrogens (tertiary/aromatic N) is 2. The van der Waals surface area contributed by atoms with Crippen molar-refractivity contribution in [2.24, 2.45) is 5.10 Å². The van der Waals surface area contributed by atoms with Crippen LogP contribution in [0.2, 0.25) is 0 Å². The van der Waals surface area contributed by atoms with E-state index in [9.17, 15) is 13.2 Å². The third-order valence-corrected chi connectivity index (χ3v) is 5.89. The minimum Gasteiger partial charge on any atom is -0.454 e. The zero-order valence-electron chi connectivity index (χ0n) is 16.1. The molecule has 1 aliphatic heterocycles. The third kappa shape index (κ3) is 5.27. The van der Waals surface area contributed by atoms with Gasteiger partial charge in [-0.2, -0.15) is 5.10 Å². The van der Waals surface area contributed by atoms with Crippen molar-refractivity contribution < 1.29 is 22.7 Å². The zero-order chi connectivity index (χ0) is 21.2. The van der Waals surface area contributed by atoms with E-state index in [0.717, 1.165) is 21.7 Å². The van der Waals surface area contributed by atoms with Crippen LogP contribution in [0.3, 0.4) is 0 Å². The van der Waals surface area contributed by atoms with Crippen molar-refractivity contribution in [2.45, 2.75) is 13.8 Å². The smallest absolute Gasteiger partial charge is 0.260 e. The summed E-state index contributed by atoms with van der Waals surface area (Å²) in [5, 5.41) is 3.92. The quantitative estimate of drug-likeness (QED) is 0.505. The van der Waals surface area contributed by atoms with Gasteiger partial charge < -0.3 is 9.47 Å². The lowest BCUT2D eigenvalue weighted by atomic mass is 10.1. The molecular formula is C19H20BrN3O5S. The van der Waals surface area contributed by atoms with E-state index in [-0.39, 0.29) is 13.3 Å². The predicted octanol–water partition coefficient (Wildman–Crippen LogP) is 2.71. The summed E-state index contributed by atoms with van der Waals surface area (Å²) in [7, 11) is -3.65. The van der Waals surface area contributed by atoms with Crippen LogP contribution in [0.25, 0.3) is 0 Å². The SMILES string of the molecule is Cc1cc(C)cc(N(CC(=O)N/N=C\c2cc3c(cc2Br)OCO3)S(C)(=O)=O)c1. The van der Waals surface area contributed by atoms with E-state index in [1.54, 1.807) is 24.3 Å². The number of rotatable bonds is 6. The highest BCUT2D eigenvalue weighted by molar-refractivity contribution is 9.10. The summed E-state index contributed by atoms with van der Waals surface area (Å²) < 4.78 is 36.8. The van der Waals surface area contributed by atoms with Gasteiger partial charge in [-0.05, 0) is 65.2 Å². The summed E-state index contributed by atoms with van der Waals surface area (Å²) >= 11 is 3.40. The molecule has 10 heteroatoms. The van der Waals surface area contributed by atoms with Crippen molar-refractivity contribution in [1.82, 2.24) is 5.43 Å². The molecule has 2 aromatic carbocycles. The van der Waals surface area contributed by atoms with Crippen LogP contribution in [0.5, 0.6) is 11.5 Å². The third-order valence-electron chi connectivity index (χ3n) is 4.07. The summed E-state index contributed by atoms with van der Waals surface area (Å²) in [5.74, 6) is 0.636. The van der Waals surface area contributed by atoms with Crippen LogP contribution < -0.4 is 19.2 Å². The molecule has 0 unspecified atom stereocenters. The Kier molecular flexibility index (Phi) is 6.13. The Morgan fingerprint density at radius 3 is 2.41 bits per heavy atom.